The largest absolute Gasteiger partial charge is 0.311 e. The monoisotopic (exact) mass is 283 g/mol. The molecule has 16 heavy (non-hydrogen) atoms. The van der Waals surface area contributed by atoms with Crippen molar-refractivity contribution in [2.45, 2.75) is 25.3 Å². The molecule has 0 radical (unpaired) electrons. The molecule has 3 unspecified atom stereocenters. The smallest absolute Gasteiger partial charge is 0.0695 e. The minimum Gasteiger partial charge on any atom is -0.311 e. The van der Waals surface area contributed by atoms with Crippen molar-refractivity contribution in [3.05, 3.63) is 16.4 Å². The highest BCUT2D eigenvalue weighted by atomic mass is 79.9. The second-order valence-corrected chi connectivity index (χ2v) is 6.11. The zero-order valence-electron chi connectivity index (χ0n) is 9.78. The number of aromatic nitrogens is 2. The number of hydrogen-bond donors (Lipinski definition) is 1. The molecule has 0 aliphatic heterocycles. The minimum atomic E-state index is 0.453. The molecule has 1 aromatic heterocycles. The number of nitrogens with one attached hydrogen (secondary N) is 1. The van der Waals surface area contributed by atoms with Crippen LogP contribution in [0.15, 0.2) is 10.7 Å². The van der Waals surface area contributed by atoms with Crippen LogP contribution in [0.5, 0.6) is 0 Å². The first-order valence-electron chi connectivity index (χ1n) is 6.05. The molecule has 88 valence electrons. The summed E-state index contributed by atoms with van der Waals surface area (Å²) < 4.78 is 3.13. The Morgan fingerprint density at radius 1 is 1.44 bits per heavy atom. The lowest BCUT2D eigenvalue weighted by Gasteiger charge is -2.25. The minimum absolute atomic E-state index is 0.453. The Bertz CT molecular complexity index is 371. The Morgan fingerprint density at radius 3 is 2.62 bits per heavy atom. The van der Waals surface area contributed by atoms with Crippen molar-refractivity contribution in [2.24, 2.45) is 24.8 Å². The third-order valence-electron chi connectivity index (χ3n) is 4.29. The summed E-state index contributed by atoms with van der Waals surface area (Å²) >= 11 is 3.61. The molecular weight excluding hydrogens is 266 g/mol. The van der Waals surface area contributed by atoms with Gasteiger partial charge >= 0.3 is 0 Å². The Kier molecular flexibility index (Phi) is 2.59. The van der Waals surface area contributed by atoms with Crippen LogP contribution in [0.2, 0.25) is 0 Å². The first-order chi connectivity index (χ1) is 7.70. The number of halogens is 1. The summed E-state index contributed by atoms with van der Waals surface area (Å²) in [5.74, 6) is 2.86. The van der Waals surface area contributed by atoms with Crippen LogP contribution in [0.1, 0.15) is 31.0 Å². The van der Waals surface area contributed by atoms with Crippen LogP contribution in [0, 0.1) is 17.8 Å². The highest BCUT2D eigenvalue weighted by Crippen LogP contribution is 2.57. The zero-order chi connectivity index (χ0) is 11.3. The first kappa shape index (κ1) is 10.8. The van der Waals surface area contributed by atoms with Gasteiger partial charge in [-0.2, -0.15) is 5.10 Å². The lowest BCUT2D eigenvalue weighted by Crippen LogP contribution is -2.27. The van der Waals surface area contributed by atoms with Crippen molar-refractivity contribution in [1.29, 1.82) is 0 Å². The van der Waals surface area contributed by atoms with E-state index in [-0.39, 0.29) is 0 Å². The molecule has 1 N–H and O–H groups in total. The molecule has 2 fully saturated rings. The van der Waals surface area contributed by atoms with E-state index in [0.29, 0.717) is 6.04 Å². The van der Waals surface area contributed by atoms with Crippen LogP contribution in [0.25, 0.3) is 0 Å². The Labute approximate surface area is 105 Å². The average Bonchev–Trinajstić information content (AvgIpc) is 2.75. The first-order valence-corrected chi connectivity index (χ1v) is 6.84. The summed E-state index contributed by atoms with van der Waals surface area (Å²) in [6.45, 7) is 0. The number of nitrogens with zero attached hydrogens (tertiary/aromatic N) is 2. The SMILES string of the molecule is CNC(c1c(Br)cnn1C)C1CC2CC2C1. The Balaban J connectivity index is 1.85. The van der Waals surface area contributed by atoms with E-state index in [9.17, 15) is 0 Å². The predicted octanol–water partition coefficient (Wildman–Crippen LogP) is 2.49. The topological polar surface area (TPSA) is 29.9 Å². The highest BCUT2D eigenvalue weighted by Gasteiger charge is 2.48. The van der Waals surface area contributed by atoms with E-state index in [1.54, 1.807) is 0 Å². The predicted molar refractivity (Wildman–Crippen MR) is 67.0 cm³/mol. The standard InChI is InChI=1S/C12H18BrN3/c1-14-11(9-4-7-3-8(7)5-9)12-10(13)6-15-16(12)2/h6-9,11,14H,3-5H2,1-2H3. The summed E-state index contributed by atoms with van der Waals surface area (Å²) in [4.78, 5) is 0. The molecule has 1 aromatic rings. The fraction of sp³-hybridized carbons (Fsp3) is 0.750. The van der Waals surface area contributed by atoms with Crippen LogP contribution < -0.4 is 5.32 Å². The van der Waals surface area contributed by atoms with E-state index in [1.807, 2.05) is 17.9 Å². The van der Waals surface area contributed by atoms with Crippen molar-refractivity contribution in [3.63, 3.8) is 0 Å². The van der Waals surface area contributed by atoms with Gasteiger partial charge in [0.1, 0.15) is 0 Å². The second kappa shape index (κ2) is 3.84. The molecular formula is C12H18BrN3. The lowest BCUT2D eigenvalue weighted by molar-refractivity contribution is 0.343. The van der Waals surface area contributed by atoms with Crippen molar-refractivity contribution < 1.29 is 0 Å². The molecule has 0 bridgehead atoms. The summed E-state index contributed by atoms with van der Waals surface area (Å²) in [6.07, 6.45) is 6.18. The quantitative estimate of drug-likeness (QED) is 0.924. The van der Waals surface area contributed by atoms with Gasteiger partial charge in [-0.25, -0.2) is 0 Å². The van der Waals surface area contributed by atoms with Gasteiger partial charge in [0.05, 0.1) is 22.4 Å². The second-order valence-electron chi connectivity index (χ2n) is 5.26. The van der Waals surface area contributed by atoms with Crippen molar-refractivity contribution in [1.82, 2.24) is 15.1 Å². The maximum absolute atomic E-state index is 4.32. The van der Waals surface area contributed by atoms with Gasteiger partial charge in [0, 0.05) is 7.05 Å². The maximum atomic E-state index is 4.32. The van der Waals surface area contributed by atoms with Gasteiger partial charge in [-0.1, -0.05) is 0 Å². The molecule has 3 nitrogen and oxygen atoms in total. The molecule has 2 aliphatic rings. The zero-order valence-corrected chi connectivity index (χ0v) is 11.4. The van der Waals surface area contributed by atoms with Crippen LogP contribution in [-0.2, 0) is 7.05 Å². The van der Waals surface area contributed by atoms with Crippen molar-refractivity contribution in [3.8, 4) is 0 Å². The maximum Gasteiger partial charge on any atom is 0.0695 e. The van der Waals surface area contributed by atoms with Gasteiger partial charge < -0.3 is 5.32 Å². The van der Waals surface area contributed by atoms with E-state index >= 15 is 0 Å². The van der Waals surface area contributed by atoms with Gasteiger partial charge in [0.15, 0.2) is 0 Å². The Hall–Kier alpha value is -0.350. The average molecular weight is 284 g/mol. The van der Waals surface area contributed by atoms with Gasteiger partial charge in [0.25, 0.3) is 0 Å². The third-order valence-corrected chi connectivity index (χ3v) is 4.91. The van der Waals surface area contributed by atoms with Gasteiger partial charge in [-0.05, 0) is 60.0 Å². The van der Waals surface area contributed by atoms with Crippen LogP contribution in [-0.4, -0.2) is 16.8 Å². The lowest BCUT2D eigenvalue weighted by atomic mass is 9.92. The molecule has 2 aliphatic carbocycles. The van der Waals surface area contributed by atoms with Gasteiger partial charge in [-0.15, -0.1) is 0 Å². The number of aryl methyl sites for hydroxylation is 1. The molecule has 3 atom stereocenters. The van der Waals surface area contributed by atoms with Crippen LogP contribution in [0.4, 0.5) is 0 Å². The molecule has 0 aromatic carbocycles. The molecule has 1 heterocycles. The molecule has 0 saturated heterocycles. The van der Waals surface area contributed by atoms with Crippen LogP contribution >= 0.6 is 15.9 Å². The van der Waals surface area contributed by atoms with E-state index in [1.165, 1.54) is 25.0 Å². The third kappa shape index (κ3) is 1.63. The van der Waals surface area contributed by atoms with Gasteiger partial charge in [-0.3, -0.25) is 4.68 Å². The normalized spacial score (nSPS) is 33.8. The molecule has 4 heteroatoms. The molecule has 0 spiro atoms. The molecule has 3 rings (SSSR count). The van der Waals surface area contributed by atoms with Crippen LogP contribution in [0.3, 0.4) is 0 Å². The fourth-order valence-corrected chi connectivity index (χ4v) is 3.99. The number of fused-ring (bicyclic) bond motifs is 1. The summed E-state index contributed by atoms with van der Waals surface area (Å²) in [6, 6.07) is 0.453. The fourth-order valence-electron chi connectivity index (χ4n) is 3.40. The van der Waals surface area contributed by atoms with Crippen molar-refractivity contribution in [2.75, 3.05) is 7.05 Å². The van der Waals surface area contributed by atoms with Gasteiger partial charge in [0.2, 0.25) is 0 Å². The number of rotatable bonds is 3. The van der Waals surface area contributed by atoms with E-state index in [0.717, 1.165) is 22.2 Å². The Morgan fingerprint density at radius 2 is 2.12 bits per heavy atom. The summed E-state index contributed by atoms with van der Waals surface area (Å²) in [5, 5.41) is 7.79. The number of hydrogen-bond acceptors (Lipinski definition) is 2. The molecule has 2 saturated carbocycles. The van der Waals surface area contributed by atoms with E-state index in [2.05, 4.69) is 33.4 Å². The summed E-state index contributed by atoms with van der Waals surface area (Å²) in [5.41, 5.74) is 1.30. The summed E-state index contributed by atoms with van der Waals surface area (Å²) in [7, 11) is 4.09. The highest BCUT2D eigenvalue weighted by molar-refractivity contribution is 9.10. The van der Waals surface area contributed by atoms with E-state index in [4.69, 9.17) is 0 Å². The van der Waals surface area contributed by atoms with E-state index < -0.39 is 0 Å². The molecule has 0 amide bonds. The van der Waals surface area contributed by atoms with Crippen molar-refractivity contribution >= 4 is 15.9 Å².